The Morgan fingerprint density at radius 2 is 1.87 bits per heavy atom. The van der Waals surface area contributed by atoms with Gasteiger partial charge in [0, 0.05) is 73.6 Å². The molecule has 0 spiro atoms. The van der Waals surface area contributed by atoms with Crippen molar-refractivity contribution in [3.8, 4) is 16.9 Å². The maximum absolute atomic E-state index is 14.0. The minimum atomic E-state index is -1.34. The van der Waals surface area contributed by atoms with Gasteiger partial charge in [0.2, 0.25) is 0 Å². The van der Waals surface area contributed by atoms with E-state index in [1.165, 1.54) is 12.1 Å². The number of morpholine rings is 1. The zero-order valence-corrected chi connectivity index (χ0v) is 31.9. The van der Waals surface area contributed by atoms with Gasteiger partial charge in [-0.05, 0) is 73.4 Å². The number of carboxylic acids is 1. The molecule has 0 radical (unpaired) electrons. The van der Waals surface area contributed by atoms with Gasteiger partial charge >= 0.3 is 5.97 Å². The molecule has 1 saturated heterocycles. The molecule has 2 unspecified atom stereocenters. The topological polar surface area (TPSA) is 134 Å². The fourth-order valence-electron chi connectivity index (χ4n) is 7.98. The lowest BCUT2D eigenvalue weighted by atomic mass is 9.94. The molecule has 7 rings (SSSR count). The Kier molecular flexibility index (Phi) is 12.2. The van der Waals surface area contributed by atoms with Gasteiger partial charge in [-0.15, -0.1) is 0 Å². The molecule has 1 fully saturated rings. The smallest absolute Gasteiger partial charge is 0.352 e. The highest BCUT2D eigenvalue weighted by molar-refractivity contribution is 7.82. The van der Waals surface area contributed by atoms with Crippen molar-refractivity contribution in [2.24, 2.45) is 7.05 Å². The number of rotatable bonds is 10. The molecule has 0 aliphatic carbocycles. The van der Waals surface area contributed by atoms with Crippen molar-refractivity contribution in [2.45, 2.75) is 51.6 Å². The Bertz CT molecular complexity index is 2150. The standard InChI is InChI=1S/C39H45ClFN5O5S.H2O/c1-4-31-35-34-30(40)14-13-29-28(9-6-20-51-33-10-5-8-25-24-26(41)11-12-27(25)33)38(39(47)48)46(37(29)34)16-7-23-52(49)44(3)32(36(35)42-43(31)2)15-17-45-18-21-50-22-19-45;/h5,8,10-14,24,32H,4,6-7,9,15-23H2,1-3H3,(H,47,48);1H2. The highest BCUT2D eigenvalue weighted by Gasteiger charge is 2.34. The molecule has 0 saturated carbocycles. The summed E-state index contributed by atoms with van der Waals surface area (Å²) in [5, 5.41) is 18.8. The van der Waals surface area contributed by atoms with Crippen LogP contribution in [0.4, 0.5) is 4.39 Å². The fourth-order valence-corrected chi connectivity index (χ4v) is 9.38. The van der Waals surface area contributed by atoms with Gasteiger partial charge in [-0.3, -0.25) is 9.58 Å². The summed E-state index contributed by atoms with van der Waals surface area (Å²) in [6.45, 7) is 6.67. The summed E-state index contributed by atoms with van der Waals surface area (Å²) >= 11 is 7.20. The third kappa shape index (κ3) is 7.60. The second kappa shape index (κ2) is 16.7. The molecule has 11 nitrogen and oxygen atoms in total. The van der Waals surface area contributed by atoms with E-state index in [4.69, 9.17) is 26.2 Å². The van der Waals surface area contributed by atoms with Crippen LogP contribution in [-0.4, -0.2) is 96.6 Å². The van der Waals surface area contributed by atoms with Crippen LogP contribution < -0.4 is 4.74 Å². The molecule has 14 heteroatoms. The second-order valence-electron chi connectivity index (χ2n) is 13.5. The predicted octanol–water partition coefficient (Wildman–Crippen LogP) is 6.20. The molecule has 0 bridgehead atoms. The Morgan fingerprint density at radius 3 is 2.62 bits per heavy atom. The van der Waals surface area contributed by atoms with Crippen LogP contribution in [0.25, 0.3) is 32.8 Å². The largest absolute Gasteiger partial charge is 0.493 e. The van der Waals surface area contributed by atoms with E-state index in [0.717, 1.165) is 63.8 Å². The molecule has 2 aliphatic heterocycles. The number of aromatic carboxylic acids is 1. The Labute approximate surface area is 316 Å². The first-order chi connectivity index (χ1) is 25.2. The van der Waals surface area contributed by atoms with E-state index in [2.05, 4.69) is 11.8 Å². The van der Waals surface area contributed by atoms with E-state index in [9.17, 15) is 18.5 Å². The lowest BCUT2D eigenvalue weighted by Crippen LogP contribution is -2.39. The number of hydrogen-bond donors (Lipinski definition) is 1. The number of carboxylic acid groups (broad SMARTS) is 1. The molecular weight excluding hydrogens is 721 g/mol. The average Bonchev–Trinajstić information content (AvgIpc) is 3.63. The van der Waals surface area contributed by atoms with Crippen molar-refractivity contribution in [3.05, 3.63) is 82.0 Å². The van der Waals surface area contributed by atoms with E-state index in [-0.39, 0.29) is 23.0 Å². The third-order valence-electron chi connectivity index (χ3n) is 10.5. The van der Waals surface area contributed by atoms with Crippen LogP contribution in [0.5, 0.6) is 5.75 Å². The number of hydrogen-bond acceptors (Lipinski definition) is 6. The Hall–Kier alpha value is -3.85. The van der Waals surface area contributed by atoms with Crippen molar-refractivity contribution in [2.75, 3.05) is 52.3 Å². The zero-order valence-electron chi connectivity index (χ0n) is 30.4. The highest BCUT2D eigenvalue weighted by Crippen LogP contribution is 2.45. The average molecular weight is 768 g/mol. The first-order valence-corrected chi connectivity index (χ1v) is 19.7. The summed E-state index contributed by atoms with van der Waals surface area (Å²) in [7, 11) is 2.50. The minimum absolute atomic E-state index is 0. The molecular formula is C39H47ClFN5O6S. The van der Waals surface area contributed by atoms with E-state index in [1.54, 1.807) is 6.07 Å². The van der Waals surface area contributed by atoms with Crippen LogP contribution in [0, 0.1) is 5.82 Å². The summed E-state index contributed by atoms with van der Waals surface area (Å²) in [4.78, 5) is 15.6. The van der Waals surface area contributed by atoms with Crippen molar-refractivity contribution < 1.29 is 33.5 Å². The summed E-state index contributed by atoms with van der Waals surface area (Å²) in [5.41, 5.74) is 5.13. The number of ether oxygens (including phenoxy) is 2. The van der Waals surface area contributed by atoms with Crippen molar-refractivity contribution in [3.63, 3.8) is 0 Å². The molecule has 2 aromatic heterocycles. The number of nitrogens with zero attached hydrogens (tertiary/aromatic N) is 5. The van der Waals surface area contributed by atoms with Crippen LogP contribution in [0.3, 0.4) is 0 Å². The quantitative estimate of drug-likeness (QED) is 0.168. The number of aryl methyl sites for hydroxylation is 3. The number of benzene rings is 3. The summed E-state index contributed by atoms with van der Waals surface area (Å²) in [6, 6.07) is 13.7. The predicted molar refractivity (Wildman–Crippen MR) is 207 cm³/mol. The first-order valence-electron chi connectivity index (χ1n) is 18.0. The molecule has 53 heavy (non-hydrogen) atoms. The molecule has 3 aromatic carbocycles. The van der Waals surface area contributed by atoms with Gasteiger partial charge in [-0.2, -0.15) is 5.10 Å². The first kappa shape index (κ1) is 38.9. The molecule has 4 heterocycles. The van der Waals surface area contributed by atoms with Gasteiger partial charge in [0.25, 0.3) is 0 Å². The van der Waals surface area contributed by atoms with E-state index in [0.29, 0.717) is 80.6 Å². The van der Waals surface area contributed by atoms with Crippen LogP contribution in [0.15, 0.2) is 48.5 Å². The molecule has 0 amide bonds. The highest BCUT2D eigenvalue weighted by atomic mass is 35.5. The Morgan fingerprint density at radius 1 is 1.09 bits per heavy atom. The maximum atomic E-state index is 14.0. The van der Waals surface area contributed by atoms with E-state index < -0.39 is 17.0 Å². The summed E-state index contributed by atoms with van der Waals surface area (Å²) < 4.78 is 45.3. The minimum Gasteiger partial charge on any atom is -0.493 e. The van der Waals surface area contributed by atoms with Gasteiger partial charge in [0.1, 0.15) is 17.3 Å². The lowest BCUT2D eigenvalue weighted by molar-refractivity contribution is 0.0352. The summed E-state index contributed by atoms with van der Waals surface area (Å²) in [5.74, 6) is -0.304. The van der Waals surface area contributed by atoms with Gasteiger partial charge in [0.05, 0.1) is 53.1 Å². The molecule has 2 atom stereocenters. The van der Waals surface area contributed by atoms with E-state index in [1.807, 2.05) is 58.0 Å². The van der Waals surface area contributed by atoms with Crippen LogP contribution in [-0.2, 0) is 42.2 Å². The molecule has 3 N–H and O–H groups in total. The van der Waals surface area contributed by atoms with Crippen molar-refractivity contribution in [1.82, 2.24) is 23.6 Å². The van der Waals surface area contributed by atoms with Gasteiger partial charge in [-0.25, -0.2) is 17.7 Å². The van der Waals surface area contributed by atoms with Gasteiger partial charge in [0.15, 0.2) is 0 Å². The second-order valence-corrected chi connectivity index (χ2v) is 15.6. The summed E-state index contributed by atoms with van der Waals surface area (Å²) in [6.07, 6.45) is 2.89. The number of halogens is 2. The molecule has 5 aromatic rings. The number of carbonyl (C=O) groups is 1. The van der Waals surface area contributed by atoms with E-state index >= 15 is 0 Å². The third-order valence-corrected chi connectivity index (χ3v) is 12.3. The van der Waals surface area contributed by atoms with Crippen LogP contribution in [0.2, 0.25) is 5.02 Å². The molecule has 284 valence electrons. The lowest BCUT2D eigenvalue weighted by Gasteiger charge is -2.31. The van der Waals surface area contributed by atoms with Gasteiger partial charge in [-0.1, -0.05) is 36.7 Å². The maximum Gasteiger partial charge on any atom is 0.352 e. The zero-order chi connectivity index (χ0) is 36.5. The number of aromatic nitrogens is 3. The SMILES string of the molecule is CCc1c2c(nn1C)C(CCN1CCOCC1)N(C)S(=O)CCCn1c(C(=O)O)c(CCCOc3cccc4cc(F)ccc34)c3ccc(Cl)c-2c31.O. The normalized spacial score (nSPS) is 18.4. The van der Waals surface area contributed by atoms with Crippen LogP contribution in [0.1, 0.15) is 59.7 Å². The van der Waals surface area contributed by atoms with Crippen molar-refractivity contribution in [1.29, 1.82) is 0 Å². The Balaban J connectivity index is 0.00000481. The fraction of sp³-hybridized carbons (Fsp3) is 0.436. The van der Waals surface area contributed by atoms with Gasteiger partial charge < -0.3 is 24.6 Å². The van der Waals surface area contributed by atoms with Crippen molar-refractivity contribution >= 4 is 50.2 Å². The number of fused-ring (bicyclic) bond motifs is 3. The van der Waals surface area contributed by atoms with Crippen LogP contribution >= 0.6 is 11.6 Å². The monoisotopic (exact) mass is 767 g/mol. The molecule has 2 aliphatic rings.